The van der Waals surface area contributed by atoms with E-state index in [1.165, 1.54) is 6.42 Å². The summed E-state index contributed by atoms with van der Waals surface area (Å²) in [4.78, 5) is 45.8. The number of hydrogen-bond donors (Lipinski definition) is 2. The first-order valence-corrected chi connectivity index (χ1v) is 16.8. The van der Waals surface area contributed by atoms with Crippen molar-refractivity contribution in [1.29, 1.82) is 0 Å². The lowest BCUT2D eigenvalue weighted by Crippen LogP contribution is -2.47. The Morgan fingerprint density at radius 1 is 0.796 bits per heavy atom. The quantitative estimate of drug-likeness (QED) is 0.208. The molecule has 1 saturated carbocycles. The van der Waals surface area contributed by atoms with Crippen LogP contribution in [0.1, 0.15) is 84.8 Å². The Hall–Kier alpha value is -5.19. The Kier molecular flexibility index (Phi) is 10.7. The molecule has 0 atom stereocenters. The van der Waals surface area contributed by atoms with Crippen LogP contribution in [0.5, 0.6) is 0 Å². The number of fused-ring (bicyclic) bond motifs is 1. The highest BCUT2D eigenvalue weighted by molar-refractivity contribution is 6.14. The lowest BCUT2D eigenvalue weighted by Gasteiger charge is -2.27. The first-order chi connectivity index (χ1) is 23.3. The van der Waals surface area contributed by atoms with Gasteiger partial charge in [0.1, 0.15) is 11.2 Å². The van der Waals surface area contributed by atoms with E-state index in [0.717, 1.165) is 48.2 Å². The van der Waals surface area contributed by atoms with Gasteiger partial charge in [0.05, 0.1) is 29.3 Å². The number of aliphatic imine (C=N–C) groups is 1. The standard InChI is InChI=1S/C38H46N6O5/c1-37(2,3)48-34(45)40-33(41-35(46)49-38(4,5)6)39-28-21-23-29(24-22-28)44-31-20-14-13-19-30(31)32(27-17-11-8-12-18-27)42-43(36(44)47)25-26-15-9-7-10-16-26/h7,9-10,13-16,19-24,27H,8,11-12,17-18,25H2,1-6H3,(H2,39,40,41,45,46). The zero-order valence-electron chi connectivity index (χ0n) is 29.2. The summed E-state index contributed by atoms with van der Waals surface area (Å²) in [6.07, 6.45) is 3.96. The number of hydrogen-bond acceptors (Lipinski definition) is 7. The van der Waals surface area contributed by atoms with Crippen LogP contribution in [-0.2, 0) is 16.0 Å². The number of ether oxygens (including phenoxy) is 2. The van der Waals surface area contributed by atoms with E-state index < -0.39 is 23.4 Å². The van der Waals surface area contributed by atoms with Gasteiger partial charge in [0.25, 0.3) is 0 Å². The minimum Gasteiger partial charge on any atom is -0.444 e. The van der Waals surface area contributed by atoms with Crippen LogP contribution in [0, 0.1) is 5.92 Å². The van der Waals surface area contributed by atoms with Gasteiger partial charge in [-0.2, -0.15) is 5.10 Å². The summed E-state index contributed by atoms with van der Waals surface area (Å²) in [6.45, 7) is 10.7. The molecule has 2 aliphatic rings. The van der Waals surface area contributed by atoms with Crippen LogP contribution in [0.15, 0.2) is 89.0 Å². The fraction of sp³-hybridized carbons (Fsp3) is 0.395. The van der Waals surface area contributed by atoms with Gasteiger partial charge in [-0.25, -0.2) is 24.4 Å². The number of anilines is 2. The number of rotatable bonds is 5. The third-order valence-corrected chi connectivity index (χ3v) is 7.82. The Bertz CT molecular complexity index is 1670. The van der Waals surface area contributed by atoms with Crippen LogP contribution >= 0.6 is 0 Å². The fourth-order valence-electron chi connectivity index (χ4n) is 5.81. The molecule has 0 bridgehead atoms. The summed E-state index contributed by atoms with van der Waals surface area (Å²) in [5, 5.41) is 11.7. The van der Waals surface area contributed by atoms with Crippen molar-refractivity contribution in [3.63, 3.8) is 0 Å². The minimum atomic E-state index is -0.794. The van der Waals surface area contributed by atoms with Crippen LogP contribution in [-0.4, -0.2) is 46.1 Å². The predicted octanol–water partition coefficient (Wildman–Crippen LogP) is 8.78. The SMILES string of the molecule is CC(C)(C)OC(=O)NC(=Nc1ccc(N2C(=O)N(Cc3ccccc3)N=C(C3CCCCC3)c3ccccc32)cc1)NC(=O)OC(C)(C)C. The summed E-state index contributed by atoms with van der Waals surface area (Å²) < 4.78 is 10.7. The molecule has 0 saturated heterocycles. The molecule has 0 spiro atoms. The Morgan fingerprint density at radius 3 is 1.96 bits per heavy atom. The molecule has 0 unspecified atom stereocenters. The summed E-state index contributed by atoms with van der Waals surface area (Å²) in [7, 11) is 0. The van der Waals surface area contributed by atoms with Gasteiger partial charge in [-0.05, 0) is 90.3 Å². The molecule has 1 aliphatic carbocycles. The van der Waals surface area contributed by atoms with Gasteiger partial charge in [0, 0.05) is 11.5 Å². The molecule has 1 aliphatic heterocycles. The Morgan fingerprint density at radius 2 is 1.37 bits per heavy atom. The van der Waals surface area contributed by atoms with Gasteiger partial charge in [-0.1, -0.05) is 67.8 Å². The van der Waals surface area contributed by atoms with Crippen molar-refractivity contribution in [2.75, 3.05) is 4.90 Å². The predicted molar refractivity (Wildman–Crippen MR) is 191 cm³/mol. The summed E-state index contributed by atoms with van der Waals surface area (Å²) >= 11 is 0. The number of benzene rings is 3. The van der Waals surface area contributed by atoms with E-state index in [4.69, 9.17) is 14.6 Å². The highest BCUT2D eigenvalue weighted by Crippen LogP contribution is 2.38. The van der Waals surface area contributed by atoms with Gasteiger partial charge >= 0.3 is 18.2 Å². The first-order valence-electron chi connectivity index (χ1n) is 16.8. The minimum absolute atomic E-state index is 0.174. The van der Waals surface area contributed by atoms with E-state index >= 15 is 0 Å². The fourth-order valence-corrected chi connectivity index (χ4v) is 5.81. The lowest BCUT2D eigenvalue weighted by atomic mass is 9.83. The number of carbonyl (C=O) groups is 3. The number of amides is 4. The number of urea groups is 1. The van der Waals surface area contributed by atoms with Gasteiger partial charge < -0.3 is 9.47 Å². The zero-order valence-corrected chi connectivity index (χ0v) is 29.2. The van der Waals surface area contributed by atoms with Crippen molar-refractivity contribution in [1.82, 2.24) is 15.6 Å². The molecule has 1 fully saturated rings. The summed E-state index contributed by atoms with van der Waals surface area (Å²) in [5.74, 6) is 0.0815. The lowest BCUT2D eigenvalue weighted by molar-refractivity contribution is 0.0545. The largest absolute Gasteiger partial charge is 0.444 e. The second kappa shape index (κ2) is 14.9. The Balaban J connectivity index is 1.50. The number of alkyl carbamates (subject to hydrolysis) is 2. The number of nitrogens with zero attached hydrogens (tertiary/aromatic N) is 4. The van der Waals surface area contributed by atoms with Crippen molar-refractivity contribution in [3.05, 3.63) is 90.0 Å². The molecule has 4 amide bonds. The van der Waals surface area contributed by atoms with E-state index in [2.05, 4.69) is 15.6 Å². The van der Waals surface area contributed by atoms with Gasteiger partial charge in [-0.15, -0.1) is 0 Å². The van der Waals surface area contributed by atoms with Crippen LogP contribution in [0.25, 0.3) is 0 Å². The van der Waals surface area contributed by atoms with Crippen molar-refractivity contribution >= 4 is 47.0 Å². The van der Waals surface area contributed by atoms with Crippen molar-refractivity contribution < 1.29 is 23.9 Å². The molecule has 2 N–H and O–H groups in total. The van der Waals surface area contributed by atoms with Gasteiger partial charge in [0.15, 0.2) is 0 Å². The average molecular weight is 667 g/mol. The molecule has 49 heavy (non-hydrogen) atoms. The summed E-state index contributed by atoms with van der Waals surface area (Å²) in [5.41, 5.74) is 3.07. The third-order valence-electron chi connectivity index (χ3n) is 7.82. The number of nitrogens with one attached hydrogen (secondary N) is 2. The first kappa shape index (κ1) is 35.1. The second-order valence-corrected chi connectivity index (χ2v) is 14.2. The maximum atomic E-state index is 14.5. The number of guanidine groups is 1. The number of para-hydroxylation sites is 1. The molecule has 258 valence electrons. The smallest absolute Gasteiger partial charge is 0.414 e. The van der Waals surface area contributed by atoms with E-state index in [1.807, 2.05) is 54.6 Å². The van der Waals surface area contributed by atoms with Crippen molar-refractivity contribution in [2.24, 2.45) is 16.0 Å². The van der Waals surface area contributed by atoms with E-state index in [0.29, 0.717) is 17.9 Å². The van der Waals surface area contributed by atoms with Gasteiger partial charge in [-0.3, -0.25) is 15.5 Å². The highest BCUT2D eigenvalue weighted by atomic mass is 16.6. The Labute approximate surface area is 288 Å². The molecular weight excluding hydrogens is 620 g/mol. The van der Waals surface area contributed by atoms with Gasteiger partial charge in [0.2, 0.25) is 5.96 Å². The molecular formula is C38H46N6O5. The van der Waals surface area contributed by atoms with Crippen molar-refractivity contribution in [3.8, 4) is 0 Å². The number of hydrazone groups is 1. The highest BCUT2D eigenvalue weighted by Gasteiger charge is 2.34. The maximum Gasteiger partial charge on any atom is 0.414 e. The topological polar surface area (TPSA) is 125 Å². The molecule has 5 rings (SSSR count). The summed E-state index contributed by atoms with van der Waals surface area (Å²) in [6, 6.07) is 24.4. The monoisotopic (exact) mass is 666 g/mol. The number of carbonyl (C=O) groups excluding carboxylic acids is 3. The normalized spacial score (nSPS) is 15.4. The molecule has 3 aromatic carbocycles. The van der Waals surface area contributed by atoms with E-state index in [-0.39, 0.29) is 17.9 Å². The second-order valence-electron chi connectivity index (χ2n) is 14.2. The zero-order chi connectivity index (χ0) is 35.2. The van der Waals surface area contributed by atoms with Crippen LogP contribution in [0.4, 0.5) is 31.4 Å². The molecule has 1 heterocycles. The molecule has 3 aromatic rings. The van der Waals surface area contributed by atoms with E-state index in [1.54, 1.807) is 75.7 Å². The maximum absolute atomic E-state index is 14.5. The molecule has 11 heteroatoms. The average Bonchev–Trinajstić information content (AvgIpc) is 3.14. The molecule has 11 nitrogen and oxygen atoms in total. The molecule has 0 radical (unpaired) electrons. The van der Waals surface area contributed by atoms with Crippen molar-refractivity contribution in [2.45, 2.75) is 91.4 Å². The van der Waals surface area contributed by atoms with E-state index in [9.17, 15) is 14.4 Å². The van der Waals surface area contributed by atoms with Crippen LogP contribution < -0.4 is 15.5 Å². The molecule has 0 aromatic heterocycles. The third kappa shape index (κ3) is 9.68. The van der Waals surface area contributed by atoms with Crippen LogP contribution in [0.3, 0.4) is 0 Å². The van der Waals surface area contributed by atoms with Crippen LogP contribution in [0.2, 0.25) is 0 Å².